The molecule has 2 rings (SSSR count). The van der Waals surface area contributed by atoms with Gasteiger partial charge in [-0.3, -0.25) is 0 Å². The van der Waals surface area contributed by atoms with Crippen molar-refractivity contribution in [2.45, 2.75) is 32.9 Å². The Morgan fingerprint density at radius 1 is 1.11 bits per heavy atom. The molecule has 102 valence electrons. The van der Waals surface area contributed by atoms with Gasteiger partial charge in [0.15, 0.2) is 0 Å². The molecule has 0 aliphatic rings. The maximum absolute atomic E-state index is 5.65. The number of nitrogens with zero attached hydrogens (tertiary/aromatic N) is 3. The summed E-state index contributed by atoms with van der Waals surface area (Å²) in [4.78, 5) is 0. The van der Waals surface area contributed by atoms with Crippen molar-refractivity contribution in [2.75, 3.05) is 7.11 Å². The smallest absolute Gasteiger partial charge is 0.134 e. The van der Waals surface area contributed by atoms with Crippen LogP contribution in [-0.4, -0.2) is 22.1 Å². The van der Waals surface area contributed by atoms with Crippen molar-refractivity contribution in [1.29, 1.82) is 0 Å². The van der Waals surface area contributed by atoms with Gasteiger partial charge in [-0.25, -0.2) is 4.68 Å². The van der Waals surface area contributed by atoms with Crippen LogP contribution in [-0.2, 0) is 12.1 Å². The normalized spacial score (nSPS) is 11.4. The zero-order valence-electron chi connectivity index (χ0n) is 11.8. The van der Waals surface area contributed by atoms with Crippen LogP contribution in [0.4, 0.5) is 0 Å². The van der Waals surface area contributed by atoms with Crippen molar-refractivity contribution >= 4 is 0 Å². The molecule has 0 atom stereocenters. The average molecular weight is 261 g/mol. The summed E-state index contributed by atoms with van der Waals surface area (Å²) in [5, 5.41) is 8.19. The lowest BCUT2D eigenvalue weighted by molar-refractivity contribution is 0.300. The highest BCUT2D eigenvalue weighted by atomic mass is 16.5. The molecule has 1 aromatic heterocycles. The second-order valence-corrected chi connectivity index (χ2v) is 5.29. The zero-order valence-corrected chi connectivity index (χ0v) is 11.8. The average Bonchev–Trinajstić information content (AvgIpc) is 2.86. The van der Waals surface area contributed by atoms with Gasteiger partial charge in [0.25, 0.3) is 0 Å². The summed E-state index contributed by atoms with van der Waals surface area (Å²) < 4.78 is 12.6. The summed E-state index contributed by atoms with van der Waals surface area (Å²) in [6.45, 7) is 6.64. The van der Waals surface area contributed by atoms with Crippen LogP contribution in [0.2, 0.25) is 0 Å². The molecule has 5 nitrogen and oxygen atoms in total. The first kappa shape index (κ1) is 13.4. The molecular formula is C14H19N3O2. The molecule has 0 saturated carbocycles. The lowest BCUT2D eigenvalue weighted by atomic mass is 10.1. The van der Waals surface area contributed by atoms with E-state index < -0.39 is 0 Å². The van der Waals surface area contributed by atoms with Crippen LogP contribution in [0, 0.1) is 0 Å². The Kier molecular flexibility index (Phi) is 3.74. The van der Waals surface area contributed by atoms with Crippen molar-refractivity contribution in [3.8, 4) is 11.5 Å². The fourth-order valence-electron chi connectivity index (χ4n) is 1.52. The number of benzene rings is 1. The van der Waals surface area contributed by atoms with E-state index in [-0.39, 0.29) is 5.54 Å². The monoisotopic (exact) mass is 261 g/mol. The van der Waals surface area contributed by atoms with Crippen LogP contribution in [0.3, 0.4) is 0 Å². The van der Waals surface area contributed by atoms with Crippen LogP contribution < -0.4 is 9.47 Å². The van der Waals surface area contributed by atoms with E-state index in [1.165, 1.54) is 0 Å². The molecule has 1 aromatic carbocycles. The van der Waals surface area contributed by atoms with E-state index in [1.54, 1.807) is 7.11 Å². The largest absolute Gasteiger partial charge is 0.497 e. The van der Waals surface area contributed by atoms with Crippen molar-refractivity contribution in [3.63, 3.8) is 0 Å². The standard InChI is InChI=1S/C14H19N3O2/c1-14(2,3)17-9-11(15-16-17)10-19-13-7-5-12(18-4)6-8-13/h5-9H,10H2,1-4H3. The number of rotatable bonds is 4. The van der Waals surface area contributed by atoms with Gasteiger partial charge in [-0.1, -0.05) is 5.21 Å². The van der Waals surface area contributed by atoms with E-state index in [9.17, 15) is 0 Å². The first-order valence-electron chi connectivity index (χ1n) is 6.17. The Balaban J connectivity index is 1.96. The highest BCUT2D eigenvalue weighted by Crippen LogP contribution is 2.18. The van der Waals surface area contributed by atoms with Gasteiger partial charge in [-0.2, -0.15) is 0 Å². The summed E-state index contributed by atoms with van der Waals surface area (Å²) in [5.74, 6) is 1.59. The fourth-order valence-corrected chi connectivity index (χ4v) is 1.52. The highest BCUT2D eigenvalue weighted by Gasteiger charge is 2.15. The summed E-state index contributed by atoms with van der Waals surface area (Å²) in [5.41, 5.74) is 0.747. The molecule has 2 aromatic rings. The summed E-state index contributed by atoms with van der Waals surface area (Å²) in [6, 6.07) is 7.46. The Morgan fingerprint density at radius 3 is 2.26 bits per heavy atom. The van der Waals surface area contributed by atoms with Gasteiger partial charge in [-0.15, -0.1) is 5.10 Å². The Labute approximate surface area is 113 Å². The number of ether oxygens (including phenoxy) is 2. The quantitative estimate of drug-likeness (QED) is 0.849. The molecule has 0 fully saturated rings. The van der Waals surface area contributed by atoms with E-state index in [0.29, 0.717) is 6.61 Å². The molecule has 5 heteroatoms. The third-order valence-electron chi connectivity index (χ3n) is 2.67. The molecule has 0 aliphatic carbocycles. The van der Waals surface area contributed by atoms with Gasteiger partial charge in [0.05, 0.1) is 18.8 Å². The Bertz CT molecular complexity index is 526. The molecule has 0 saturated heterocycles. The van der Waals surface area contributed by atoms with Crippen LogP contribution in [0.25, 0.3) is 0 Å². The number of aromatic nitrogens is 3. The molecule has 1 heterocycles. The van der Waals surface area contributed by atoms with Gasteiger partial charge in [0.2, 0.25) is 0 Å². The first-order chi connectivity index (χ1) is 8.99. The maximum atomic E-state index is 5.65. The van der Waals surface area contributed by atoms with Crippen LogP contribution in [0.1, 0.15) is 26.5 Å². The molecule has 0 radical (unpaired) electrons. The molecule has 0 N–H and O–H groups in total. The lowest BCUT2D eigenvalue weighted by Crippen LogP contribution is -2.22. The minimum absolute atomic E-state index is 0.0641. The summed E-state index contributed by atoms with van der Waals surface area (Å²) >= 11 is 0. The van der Waals surface area contributed by atoms with Gasteiger partial charge in [-0.05, 0) is 45.0 Å². The summed E-state index contributed by atoms with van der Waals surface area (Å²) in [6.07, 6.45) is 1.91. The predicted octanol–water partition coefficient (Wildman–Crippen LogP) is 2.62. The number of hydrogen-bond donors (Lipinski definition) is 0. The van der Waals surface area contributed by atoms with E-state index in [4.69, 9.17) is 9.47 Å². The van der Waals surface area contributed by atoms with Gasteiger partial charge >= 0.3 is 0 Å². The number of hydrogen-bond acceptors (Lipinski definition) is 4. The lowest BCUT2D eigenvalue weighted by Gasteiger charge is -2.17. The molecule has 0 amide bonds. The zero-order chi connectivity index (χ0) is 13.9. The third kappa shape index (κ3) is 3.47. The van der Waals surface area contributed by atoms with Gasteiger partial charge in [0, 0.05) is 0 Å². The third-order valence-corrected chi connectivity index (χ3v) is 2.67. The fraction of sp³-hybridized carbons (Fsp3) is 0.429. The molecular weight excluding hydrogens is 242 g/mol. The van der Waals surface area contributed by atoms with Gasteiger partial charge in [0.1, 0.15) is 23.8 Å². The molecule has 0 aliphatic heterocycles. The Hall–Kier alpha value is -2.04. The topological polar surface area (TPSA) is 49.2 Å². The minimum Gasteiger partial charge on any atom is -0.497 e. The second kappa shape index (κ2) is 5.30. The molecule has 0 spiro atoms. The first-order valence-corrected chi connectivity index (χ1v) is 6.17. The van der Waals surface area contributed by atoms with E-state index in [2.05, 4.69) is 31.1 Å². The van der Waals surface area contributed by atoms with Gasteiger partial charge < -0.3 is 9.47 Å². The van der Waals surface area contributed by atoms with E-state index >= 15 is 0 Å². The predicted molar refractivity (Wildman–Crippen MR) is 72.3 cm³/mol. The molecule has 19 heavy (non-hydrogen) atoms. The van der Waals surface area contributed by atoms with Crippen molar-refractivity contribution in [2.24, 2.45) is 0 Å². The minimum atomic E-state index is -0.0641. The number of methoxy groups -OCH3 is 1. The van der Waals surface area contributed by atoms with Crippen LogP contribution in [0.15, 0.2) is 30.5 Å². The van der Waals surface area contributed by atoms with E-state index in [1.807, 2.05) is 35.1 Å². The molecule has 0 bridgehead atoms. The van der Waals surface area contributed by atoms with Crippen LogP contribution >= 0.6 is 0 Å². The van der Waals surface area contributed by atoms with Crippen molar-refractivity contribution in [1.82, 2.24) is 15.0 Å². The van der Waals surface area contributed by atoms with Crippen LogP contribution in [0.5, 0.6) is 11.5 Å². The van der Waals surface area contributed by atoms with Crippen molar-refractivity contribution < 1.29 is 9.47 Å². The second-order valence-electron chi connectivity index (χ2n) is 5.29. The Morgan fingerprint density at radius 2 is 1.74 bits per heavy atom. The maximum Gasteiger partial charge on any atom is 0.134 e. The molecule has 0 unspecified atom stereocenters. The highest BCUT2D eigenvalue weighted by molar-refractivity contribution is 5.31. The van der Waals surface area contributed by atoms with E-state index in [0.717, 1.165) is 17.2 Å². The van der Waals surface area contributed by atoms with Crippen molar-refractivity contribution in [3.05, 3.63) is 36.2 Å². The SMILES string of the molecule is COc1ccc(OCc2cn(C(C)(C)C)nn2)cc1. The summed E-state index contributed by atoms with van der Waals surface area (Å²) in [7, 11) is 1.64.